The number of sulfone groups is 1. The average molecular weight is 437 g/mol. The molecule has 0 saturated carbocycles. The van der Waals surface area contributed by atoms with Gasteiger partial charge in [0.05, 0.1) is 24.3 Å². The minimum Gasteiger partial charge on any atom is -0.383 e. The maximum Gasteiger partial charge on any atom is 0.227 e. The molecule has 3 rings (SSSR count). The van der Waals surface area contributed by atoms with Gasteiger partial charge in [0.15, 0.2) is 0 Å². The third kappa shape index (κ3) is 5.77. The van der Waals surface area contributed by atoms with Gasteiger partial charge in [-0.15, -0.1) is 0 Å². The van der Waals surface area contributed by atoms with E-state index in [0.29, 0.717) is 32.0 Å². The molecule has 2 aromatic heterocycles. The van der Waals surface area contributed by atoms with Crippen molar-refractivity contribution in [1.29, 1.82) is 0 Å². The Morgan fingerprint density at radius 1 is 1.10 bits per heavy atom. The van der Waals surface area contributed by atoms with Crippen LogP contribution in [0.15, 0.2) is 29.8 Å². The molecule has 0 aliphatic carbocycles. The maximum absolute atomic E-state index is 12.9. The summed E-state index contributed by atoms with van der Waals surface area (Å²) in [5, 5.41) is 0.159. The van der Waals surface area contributed by atoms with Gasteiger partial charge in [-0.05, 0) is 18.4 Å². The highest BCUT2D eigenvalue weighted by Gasteiger charge is 2.25. The van der Waals surface area contributed by atoms with Gasteiger partial charge in [-0.2, -0.15) is 0 Å². The lowest BCUT2D eigenvalue weighted by molar-refractivity contribution is 0.180. The number of hydrogen-bond donors (Lipinski definition) is 0. The molecular formula is C20H32N6O3S. The minimum atomic E-state index is -3.43. The molecule has 3 heterocycles. The molecule has 2 aromatic rings. The normalized spacial score (nSPS) is 15.8. The lowest BCUT2D eigenvalue weighted by atomic mass is 10.2. The SMILES string of the molecule is COCCn1c(CN2CCN(c3ncccn3)CC2)cnc1S(=O)(=O)CCC(C)C. The van der Waals surface area contributed by atoms with Crippen molar-refractivity contribution in [3.05, 3.63) is 30.4 Å². The van der Waals surface area contributed by atoms with Crippen molar-refractivity contribution >= 4 is 15.8 Å². The summed E-state index contributed by atoms with van der Waals surface area (Å²) in [4.78, 5) is 17.4. The largest absolute Gasteiger partial charge is 0.383 e. The van der Waals surface area contributed by atoms with Crippen molar-refractivity contribution in [2.45, 2.75) is 38.5 Å². The molecule has 0 N–H and O–H groups in total. The molecule has 1 fully saturated rings. The molecule has 0 amide bonds. The van der Waals surface area contributed by atoms with E-state index in [9.17, 15) is 8.42 Å². The van der Waals surface area contributed by atoms with Gasteiger partial charge < -0.3 is 14.2 Å². The number of imidazole rings is 1. The topological polar surface area (TPSA) is 93.4 Å². The van der Waals surface area contributed by atoms with Gasteiger partial charge in [-0.25, -0.2) is 23.4 Å². The van der Waals surface area contributed by atoms with Gasteiger partial charge in [-0.1, -0.05) is 13.8 Å². The first-order valence-electron chi connectivity index (χ1n) is 10.4. The number of aromatic nitrogens is 4. The van der Waals surface area contributed by atoms with E-state index in [1.807, 2.05) is 24.5 Å². The molecule has 1 aliphatic rings. The van der Waals surface area contributed by atoms with Crippen LogP contribution >= 0.6 is 0 Å². The van der Waals surface area contributed by atoms with Crippen LogP contribution in [0.2, 0.25) is 0 Å². The van der Waals surface area contributed by atoms with E-state index in [1.165, 1.54) is 0 Å². The fourth-order valence-corrected chi connectivity index (χ4v) is 5.18. The van der Waals surface area contributed by atoms with Crippen molar-refractivity contribution in [2.75, 3.05) is 50.5 Å². The monoisotopic (exact) mass is 436 g/mol. The number of hydrogen-bond acceptors (Lipinski definition) is 8. The molecule has 0 aromatic carbocycles. The zero-order valence-electron chi connectivity index (χ0n) is 18.1. The second-order valence-electron chi connectivity index (χ2n) is 7.99. The van der Waals surface area contributed by atoms with E-state index in [1.54, 1.807) is 25.7 Å². The number of ether oxygens (including phenoxy) is 1. The smallest absolute Gasteiger partial charge is 0.227 e. The summed E-state index contributed by atoms with van der Waals surface area (Å²) in [5.74, 6) is 1.19. The summed E-state index contributed by atoms with van der Waals surface area (Å²) in [7, 11) is -1.81. The number of rotatable bonds is 10. The van der Waals surface area contributed by atoms with Crippen molar-refractivity contribution in [3.63, 3.8) is 0 Å². The Hall–Kier alpha value is -2.04. The summed E-state index contributed by atoms with van der Waals surface area (Å²) in [5.41, 5.74) is 0.902. The van der Waals surface area contributed by atoms with Gasteiger partial charge in [-0.3, -0.25) is 4.90 Å². The first kappa shape index (κ1) is 22.6. The predicted octanol–water partition coefficient (Wildman–Crippen LogP) is 1.46. The number of methoxy groups -OCH3 is 1. The van der Waals surface area contributed by atoms with Crippen LogP contribution in [0, 0.1) is 5.92 Å². The number of nitrogens with zero attached hydrogens (tertiary/aromatic N) is 6. The fraction of sp³-hybridized carbons (Fsp3) is 0.650. The van der Waals surface area contributed by atoms with Crippen LogP contribution in [0.4, 0.5) is 5.95 Å². The molecule has 1 saturated heterocycles. The molecule has 166 valence electrons. The summed E-state index contributed by atoms with van der Waals surface area (Å²) >= 11 is 0. The minimum absolute atomic E-state index is 0.115. The Labute approximate surface area is 179 Å². The molecule has 0 radical (unpaired) electrons. The van der Waals surface area contributed by atoms with Gasteiger partial charge in [0.1, 0.15) is 0 Å². The Kier molecular flexibility index (Phi) is 7.79. The van der Waals surface area contributed by atoms with E-state index in [4.69, 9.17) is 4.74 Å². The Balaban J connectivity index is 1.69. The van der Waals surface area contributed by atoms with E-state index >= 15 is 0 Å². The van der Waals surface area contributed by atoms with E-state index < -0.39 is 9.84 Å². The van der Waals surface area contributed by atoms with Crippen LogP contribution in [0.3, 0.4) is 0 Å². The third-order valence-corrected chi connectivity index (χ3v) is 6.91. The highest BCUT2D eigenvalue weighted by molar-refractivity contribution is 7.91. The number of piperazine rings is 1. The highest BCUT2D eigenvalue weighted by atomic mass is 32.2. The summed E-state index contributed by atoms with van der Waals surface area (Å²) in [6.45, 7) is 8.98. The Morgan fingerprint density at radius 3 is 2.43 bits per heavy atom. The van der Waals surface area contributed by atoms with E-state index in [-0.39, 0.29) is 10.9 Å². The summed E-state index contributed by atoms with van der Waals surface area (Å²) in [6, 6.07) is 1.81. The van der Waals surface area contributed by atoms with Gasteiger partial charge in [0.25, 0.3) is 0 Å². The van der Waals surface area contributed by atoms with Crippen molar-refractivity contribution in [1.82, 2.24) is 24.4 Å². The van der Waals surface area contributed by atoms with Crippen molar-refractivity contribution in [3.8, 4) is 0 Å². The standard InChI is InChI=1S/C20H32N6O3S/c1-17(2)5-14-30(27,28)20-23-15-18(26(20)12-13-29-3)16-24-8-10-25(11-9-24)19-21-6-4-7-22-19/h4,6-7,15,17H,5,8-14,16H2,1-3H3. The van der Waals surface area contributed by atoms with Crippen molar-refractivity contribution < 1.29 is 13.2 Å². The van der Waals surface area contributed by atoms with E-state index in [0.717, 1.165) is 37.8 Å². The van der Waals surface area contributed by atoms with Crippen LogP contribution in [0.1, 0.15) is 26.0 Å². The van der Waals surface area contributed by atoms with Gasteiger partial charge in [0, 0.05) is 58.8 Å². The Bertz CT molecular complexity index is 893. The molecule has 0 unspecified atom stereocenters. The first-order chi connectivity index (χ1) is 14.4. The average Bonchev–Trinajstić information content (AvgIpc) is 3.15. The quantitative estimate of drug-likeness (QED) is 0.553. The Morgan fingerprint density at radius 2 is 1.80 bits per heavy atom. The second kappa shape index (κ2) is 10.3. The zero-order valence-corrected chi connectivity index (χ0v) is 18.9. The molecule has 9 nitrogen and oxygen atoms in total. The van der Waals surface area contributed by atoms with E-state index in [2.05, 4.69) is 24.8 Å². The van der Waals surface area contributed by atoms with Gasteiger partial charge >= 0.3 is 0 Å². The van der Waals surface area contributed by atoms with Crippen LogP contribution in [0.25, 0.3) is 0 Å². The zero-order chi connectivity index (χ0) is 21.6. The molecule has 10 heteroatoms. The van der Waals surface area contributed by atoms with Crippen LogP contribution in [-0.4, -0.2) is 78.5 Å². The second-order valence-corrected chi connectivity index (χ2v) is 9.99. The summed E-state index contributed by atoms with van der Waals surface area (Å²) < 4.78 is 32.8. The predicted molar refractivity (Wildman–Crippen MR) is 115 cm³/mol. The van der Waals surface area contributed by atoms with Gasteiger partial charge in [0.2, 0.25) is 20.9 Å². The number of anilines is 1. The molecule has 0 bridgehead atoms. The lowest BCUT2D eigenvalue weighted by Gasteiger charge is -2.34. The molecular weight excluding hydrogens is 404 g/mol. The maximum atomic E-state index is 12.9. The molecule has 30 heavy (non-hydrogen) atoms. The lowest BCUT2D eigenvalue weighted by Crippen LogP contribution is -2.46. The van der Waals surface area contributed by atoms with Crippen molar-refractivity contribution in [2.24, 2.45) is 5.92 Å². The molecule has 1 aliphatic heterocycles. The third-order valence-electron chi connectivity index (χ3n) is 5.26. The molecule has 0 spiro atoms. The summed E-state index contributed by atoms with van der Waals surface area (Å²) in [6.07, 6.45) is 5.83. The fourth-order valence-electron chi connectivity index (χ4n) is 3.46. The molecule has 0 atom stereocenters. The van der Waals surface area contributed by atoms with Crippen LogP contribution in [-0.2, 0) is 27.7 Å². The van der Waals surface area contributed by atoms with Crippen LogP contribution in [0.5, 0.6) is 0 Å². The van der Waals surface area contributed by atoms with Crippen LogP contribution < -0.4 is 4.90 Å². The first-order valence-corrected chi connectivity index (χ1v) is 12.1. The highest BCUT2D eigenvalue weighted by Crippen LogP contribution is 2.18.